The average molecular weight is 596 g/mol. The molecule has 1 aliphatic rings. The van der Waals surface area contributed by atoms with Crippen LogP contribution in [0.4, 0.5) is 0 Å². The number of nitrogens with two attached hydrogens (primary N) is 3. The minimum absolute atomic E-state index is 0.109. The van der Waals surface area contributed by atoms with Crippen molar-refractivity contribution in [3.05, 3.63) is 0 Å². The Morgan fingerprint density at radius 2 is 1.57 bits per heavy atom. The van der Waals surface area contributed by atoms with Crippen LogP contribution in [-0.4, -0.2) is 89.6 Å². The van der Waals surface area contributed by atoms with Gasteiger partial charge in [-0.3, -0.25) is 33.8 Å². The summed E-state index contributed by atoms with van der Waals surface area (Å²) >= 11 is 0. The van der Waals surface area contributed by atoms with Gasteiger partial charge >= 0.3 is 0 Å². The Morgan fingerprint density at radius 3 is 2.12 bits per heavy atom. The number of carbonyl (C=O) groups is 6. The number of amides is 6. The van der Waals surface area contributed by atoms with E-state index in [1.54, 1.807) is 6.92 Å². The molecular weight excluding hydrogens is 546 g/mol. The molecule has 15 heteroatoms. The number of hydrogen-bond donors (Lipinski definition) is 7. The van der Waals surface area contributed by atoms with Crippen LogP contribution in [0.15, 0.2) is 4.99 Å². The monoisotopic (exact) mass is 595 g/mol. The van der Waals surface area contributed by atoms with E-state index in [-0.39, 0.29) is 37.3 Å². The zero-order valence-electron chi connectivity index (χ0n) is 25.4. The summed E-state index contributed by atoms with van der Waals surface area (Å²) in [4.78, 5) is 81.7. The van der Waals surface area contributed by atoms with E-state index in [1.165, 1.54) is 18.7 Å². The van der Waals surface area contributed by atoms with Crippen LogP contribution < -0.4 is 38.5 Å². The maximum atomic E-state index is 13.8. The molecule has 0 aromatic rings. The SMILES string of the molecule is CCC[C@H](NC(C)=O)C(=O)N[C@H](C(=O)N[C@@H](CCCN=C(N)N)C(=O)N1CCC[C@H]1C(=O)N[C@H](C)C(N)=O)[C@@H](C)CC. The van der Waals surface area contributed by atoms with E-state index in [9.17, 15) is 28.8 Å². The third kappa shape index (κ3) is 11.5. The van der Waals surface area contributed by atoms with Gasteiger partial charge in [-0.05, 0) is 44.9 Å². The third-order valence-electron chi connectivity index (χ3n) is 7.25. The lowest BCUT2D eigenvalue weighted by Crippen LogP contribution is -2.59. The Kier molecular flexibility index (Phi) is 15.3. The Morgan fingerprint density at radius 1 is 0.905 bits per heavy atom. The van der Waals surface area contributed by atoms with Crippen LogP contribution in [0, 0.1) is 5.92 Å². The molecule has 0 radical (unpaired) electrons. The van der Waals surface area contributed by atoms with Crippen molar-refractivity contribution in [1.29, 1.82) is 0 Å². The van der Waals surface area contributed by atoms with Crippen molar-refractivity contribution in [2.75, 3.05) is 13.1 Å². The summed E-state index contributed by atoms with van der Waals surface area (Å²) in [5.74, 6) is -3.54. The molecule has 0 aromatic carbocycles. The van der Waals surface area contributed by atoms with Crippen molar-refractivity contribution < 1.29 is 28.8 Å². The summed E-state index contributed by atoms with van der Waals surface area (Å²) in [7, 11) is 0. The molecule has 1 rings (SSSR count). The van der Waals surface area contributed by atoms with E-state index in [0.29, 0.717) is 38.5 Å². The molecule has 0 bridgehead atoms. The fourth-order valence-electron chi connectivity index (χ4n) is 4.67. The van der Waals surface area contributed by atoms with E-state index < -0.39 is 59.7 Å². The van der Waals surface area contributed by atoms with Crippen LogP contribution in [0.5, 0.6) is 0 Å². The number of rotatable bonds is 17. The quantitative estimate of drug-likeness (QED) is 0.0581. The predicted octanol–water partition coefficient (Wildman–Crippen LogP) is -1.66. The molecule has 0 unspecified atom stereocenters. The first kappa shape index (κ1) is 36.1. The molecular formula is C27H49N9O6. The van der Waals surface area contributed by atoms with Gasteiger partial charge in [-0.15, -0.1) is 0 Å². The number of likely N-dealkylation sites (tertiary alicyclic amines) is 1. The highest BCUT2D eigenvalue weighted by Crippen LogP contribution is 2.20. The minimum Gasteiger partial charge on any atom is -0.370 e. The lowest BCUT2D eigenvalue weighted by molar-refractivity contribution is -0.142. The van der Waals surface area contributed by atoms with Gasteiger partial charge in [-0.1, -0.05) is 33.6 Å². The van der Waals surface area contributed by atoms with Gasteiger partial charge in [0.1, 0.15) is 30.2 Å². The molecule has 10 N–H and O–H groups in total. The standard InChI is InChI=1S/C27H49N9O6/c1-6-10-18(33-17(5)37)23(39)35-21(15(3)7-2)25(41)34-19(11-8-13-31-27(29)30)26(42)36-14-9-12-20(36)24(40)32-16(4)22(28)38/h15-16,18-21H,6-14H2,1-5H3,(H2,28,38)(H,32,40)(H,33,37)(H,34,41)(H,35,39)(H4,29,30,31)/t15-,16+,18-,19-,20-,21-/m0/s1. The van der Waals surface area contributed by atoms with E-state index in [2.05, 4.69) is 26.3 Å². The molecule has 42 heavy (non-hydrogen) atoms. The van der Waals surface area contributed by atoms with Gasteiger partial charge in [0.15, 0.2) is 5.96 Å². The number of nitrogens with zero attached hydrogens (tertiary/aromatic N) is 2. The second-order valence-corrected chi connectivity index (χ2v) is 10.7. The molecule has 0 aliphatic carbocycles. The molecule has 6 amide bonds. The van der Waals surface area contributed by atoms with Gasteiger partial charge in [0.25, 0.3) is 0 Å². The van der Waals surface area contributed by atoms with Crippen molar-refractivity contribution in [2.45, 2.75) is 110 Å². The molecule has 1 saturated heterocycles. The smallest absolute Gasteiger partial charge is 0.245 e. The highest BCUT2D eigenvalue weighted by atomic mass is 16.2. The van der Waals surface area contributed by atoms with Crippen LogP contribution in [-0.2, 0) is 28.8 Å². The number of primary amides is 1. The van der Waals surface area contributed by atoms with E-state index in [4.69, 9.17) is 17.2 Å². The molecule has 6 atom stereocenters. The van der Waals surface area contributed by atoms with Crippen molar-refractivity contribution in [1.82, 2.24) is 26.2 Å². The zero-order chi connectivity index (χ0) is 32.0. The molecule has 0 spiro atoms. The molecule has 1 aliphatic heterocycles. The first-order valence-electron chi connectivity index (χ1n) is 14.6. The summed E-state index contributed by atoms with van der Waals surface area (Å²) in [6.45, 7) is 8.80. The van der Waals surface area contributed by atoms with Crippen LogP contribution >= 0.6 is 0 Å². The molecule has 0 saturated carbocycles. The van der Waals surface area contributed by atoms with Crippen LogP contribution in [0.2, 0.25) is 0 Å². The van der Waals surface area contributed by atoms with Gasteiger partial charge in [0, 0.05) is 20.0 Å². The summed E-state index contributed by atoms with van der Waals surface area (Å²) < 4.78 is 0. The average Bonchev–Trinajstić information content (AvgIpc) is 3.41. The Hall–Kier alpha value is -3.91. The van der Waals surface area contributed by atoms with Gasteiger partial charge < -0.3 is 43.4 Å². The van der Waals surface area contributed by atoms with E-state index in [1.807, 2.05) is 13.8 Å². The van der Waals surface area contributed by atoms with Gasteiger partial charge in [-0.25, -0.2) is 0 Å². The van der Waals surface area contributed by atoms with E-state index >= 15 is 0 Å². The third-order valence-corrected chi connectivity index (χ3v) is 7.25. The van der Waals surface area contributed by atoms with Crippen LogP contribution in [0.3, 0.4) is 0 Å². The molecule has 15 nitrogen and oxygen atoms in total. The fourth-order valence-corrected chi connectivity index (χ4v) is 4.67. The summed E-state index contributed by atoms with van der Waals surface area (Å²) in [6.07, 6.45) is 3.01. The Bertz CT molecular complexity index is 1000. The summed E-state index contributed by atoms with van der Waals surface area (Å²) in [5, 5.41) is 10.7. The molecule has 1 fully saturated rings. The van der Waals surface area contributed by atoms with Gasteiger partial charge in [-0.2, -0.15) is 0 Å². The van der Waals surface area contributed by atoms with Crippen molar-refractivity contribution in [3.63, 3.8) is 0 Å². The predicted molar refractivity (Wildman–Crippen MR) is 157 cm³/mol. The van der Waals surface area contributed by atoms with Crippen LogP contribution in [0.1, 0.15) is 79.6 Å². The first-order chi connectivity index (χ1) is 19.7. The van der Waals surface area contributed by atoms with Crippen molar-refractivity contribution >= 4 is 41.4 Å². The lowest BCUT2D eigenvalue weighted by Gasteiger charge is -2.31. The highest BCUT2D eigenvalue weighted by Gasteiger charge is 2.39. The lowest BCUT2D eigenvalue weighted by atomic mass is 9.96. The number of guanidine groups is 1. The highest BCUT2D eigenvalue weighted by molar-refractivity contribution is 5.96. The first-order valence-corrected chi connectivity index (χ1v) is 14.6. The fraction of sp³-hybridized carbons (Fsp3) is 0.741. The molecule has 1 heterocycles. The number of carbonyl (C=O) groups excluding carboxylic acids is 6. The van der Waals surface area contributed by atoms with Crippen molar-refractivity contribution in [3.8, 4) is 0 Å². The second kappa shape index (κ2) is 17.8. The summed E-state index contributed by atoms with van der Waals surface area (Å²) in [5.41, 5.74) is 16.1. The van der Waals surface area contributed by atoms with E-state index in [0.717, 1.165) is 0 Å². The maximum absolute atomic E-state index is 13.8. The second-order valence-electron chi connectivity index (χ2n) is 10.7. The number of nitrogens with one attached hydrogen (secondary N) is 4. The van der Waals surface area contributed by atoms with Crippen LogP contribution in [0.25, 0.3) is 0 Å². The summed E-state index contributed by atoms with van der Waals surface area (Å²) in [6, 6.07) is -4.60. The maximum Gasteiger partial charge on any atom is 0.245 e. The topological polar surface area (TPSA) is 244 Å². The van der Waals surface area contributed by atoms with Gasteiger partial charge in [0.2, 0.25) is 35.4 Å². The normalized spacial score (nSPS) is 18.0. The number of hydrogen-bond acceptors (Lipinski definition) is 7. The zero-order valence-corrected chi connectivity index (χ0v) is 25.4. The molecule has 238 valence electrons. The molecule has 0 aromatic heterocycles. The largest absolute Gasteiger partial charge is 0.370 e. The Labute approximate surface area is 247 Å². The minimum atomic E-state index is -1.04. The van der Waals surface area contributed by atoms with Crippen molar-refractivity contribution in [2.24, 2.45) is 28.1 Å². The Balaban J connectivity index is 3.20. The number of aliphatic imine (C=N–C) groups is 1. The van der Waals surface area contributed by atoms with Gasteiger partial charge in [0.05, 0.1) is 0 Å².